The summed E-state index contributed by atoms with van der Waals surface area (Å²) in [6.45, 7) is 2.15. The van der Waals surface area contributed by atoms with Gasteiger partial charge in [-0.15, -0.1) is 11.3 Å². The second-order valence-electron chi connectivity index (χ2n) is 5.08. The van der Waals surface area contributed by atoms with Gasteiger partial charge in [0.1, 0.15) is 0 Å². The molecule has 1 aromatic carbocycles. The van der Waals surface area contributed by atoms with Crippen molar-refractivity contribution in [1.29, 1.82) is 0 Å². The summed E-state index contributed by atoms with van der Waals surface area (Å²) in [4.78, 5) is 4.54. The molecule has 0 fully saturated rings. The van der Waals surface area contributed by atoms with E-state index in [0.29, 0.717) is 0 Å². The van der Waals surface area contributed by atoms with Gasteiger partial charge in [-0.3, -0.25) is 16.3 Å². The Morgan fingerprint density at radius 3 is 2.86 bits per heavy atom. The molecular formula is C17H19N3S. The van der Waals surface area contributed by atoms with Crippen LogP contribution in [0.4, 0.5) is 0 Å². The van der Waals surface area contributed by atoms with Crippen LogP contribution < -0.4 is 11.3 Å². The lowest BCUT2D eigenvalue weighted by molar-refractivity contribution is 0.535. The number of hydrogen-bond acceptors (Lipinski definition) is 4. The van der Waals surface area contributed by atoms with Crippen molar-refractivity contribution in [2.24, 2.45) is 5.84 Å². The van der Waals surface area contributed by atoms with Gasteiger partial charge in [0, 0.05) is 10.9 Å². The van der Waals surface area contributed by atoms with Crippen LogP contribution in [0.2, 0.25) is 0 Å². The number of nitrogens with two attached hydrogens (primary N) is 1. The first-order chi connectivity index (χ1) is 10.3. The van der Waals surface area contributed by atoms with Gasteiger partial charge in [0.25, 0.3) is 0 Å². The predicted molar refractivity (Wildman–Crippen MR) is 89.2 cm³/mol. The number of hydrogen-bond donors (Lipinski definition) is 2. The third kappa shape index (κ3) is 2.83. The molecule has 3 rings (SSSR count). The fourth-order valence-corrected chi connectivity index (χ4v) is 3.68. The van der Waals surface area contributed by atoms with Crippen LogP contribution in [0.3, 0.4) is 0 Å². The number of aromatic nitrogens is 1. The zero-order valence-corrected chi connectivity index (χ0v) is 12.9. The Kier molecular flexibility index (Phi) is 4.29. The summed E-state index contributed by atoms with van der Waals surface area (Å²) in [5.41, 5.74) is 6.57. The van der Waals surface area contributed by atoms with E-state index in [9.17, 15) is 0 Å². The van der Waals surface area contributed by atoms with Crippen LogP contribution in [-0.2, 0) is 12.8 Å². The van der Waals surface area contributed by atoms with Crippen LogP contribution in [0.15, 0.2) is 48.0 Å². The predicted octanol–water partition coefficient (Wildman–Crippen LogP) is 3.61. The van der Waals surface area contributed by atoms with E-state index in [1.54, 1.807) is 11.3 Å². The second kappa shape index (κ2) is 6.35. The summed E-state index contributed by atoms with van der Waals surface area (Å²) in [5.74, 6) is 5.80. The molecule has 3 N–H and O–H groups in total. The summed E-state index contributed by atoms with van der Waals surface area (Å²) in [6.07, 6.45) is 3.65. The topological polar surface area (TPSA) is 50.9 Å². The lowest BCUT2D eigenvalue weighted by atomic mass is 9.98. The molecule has 2 aromatic heterocycles. The van der Waals surface area contributed by atoms with E-state index >= 15 is 0 Å². The summed E-state index contributed by atoms with van der Waals surface area (Å²) in [5, 5.41) is 3.54. The minimum absolute atomic E-state index is 0.0409. The number of rotatable bonds is 5. The molecule has 2 heterocycles. The molecule has 0 aliphatic heterocycles. The minimum Gasteiger partial charge on any atom is -0.271 e. The molecule has 0 radical (unpaired) electrons. The molecule has 3 aromatic rings. The van der Waals surface area contributed by atoms with Gasteiger partial charge in [-0.05, 0) is 46.9 Å². The van der Waals surface area contributed by atoms with Gasteiger partial charge < -0.3 is 0 Å². The molecule has 0 aliphatic carbocycles. The number of nitrogens with one attached hydrogen (secondary N) is 1. The molecule has 21 heavy (non-hydrogen) atoms. The zero-order chi connectivity index (χ0) is 14.7. The molecule has 0 spiro atoms. The quantitative estimate of drug-likeness (QED) is 0.559. The average Bonchev–Trinajstić information content (AvgIpc) is 2.95. The normalized spacial score (nSPS) is 12.7. The van der Waals surface area contributed by atoms with Crippen LogP contribution >= 0.6 is 11.3 Å². The SMILES string of the molecule is CCc1cccnc1C(Cc1csc2ccccc12)NN. The number of nitrogens with zero attached hydrogens (tertiary/aromatic N) is 1. The molecular weight excluding hydrogens is 278 g/mol. The first-order valence-electron chi connectivity index (χ1n) is 7.18. The average molecular weight is 297 g/mol. The fourth-order valence-electron chi connectivity index (χ4n) is 2.71. The van der Waals surface area contributed by atoms with Crippen LogP contribution in [0.1, 0.15) is 29.8 Å². The lowest BCUT2D eigenvalue weighted by Crippen LogP contribution is -2.31. The van der Waals surface area contributed by atoms with E-state index < -0.39 is 0 Å². The third-order valence-electron chi connectivity index (χ3n) is 3.82. The Balaban J connectivity index is 1.94. The van der Waals surface area contributed by atoms with Gasteiger partial charge in [0.2, 0.25) is 0 Å². The van der Waals surface area contributed by atoms with E-state index in [4.69, 9.17) is 5.84 Å². The Morgan fingerprint density at radius 2 is 2.05 bits per heavy atom. The molecule has 1 unspecified atom stereocenters. The Hall–Kier alpha value is -1.75. The number of thiophene rings is 1. The van der Waals surface area contributed by atoms with Gasteiger partial charge in [-0.25, -0.2) is 0 Å². The highest BCUT2D eigenvalue weighted by Gasteiger charge is 2.17. The number of pyridine rings is 1. The molecule has 0 saturated heterocycles. The number of fused-ring (bicyclic) bond motifs is 1. The molecule has 4 heteroatoms. The smallest absolute Gasteiger partial charge is 0.0675 e. The molecule has 0 aliphatic rings. The summed E-state index contributed by atoms with van der Waals surface area (Å²) in [6, 6.07) is 12.6. The van der Waals surface area contributed by atoms with Crippen molar-refractivity contribution in [2.45, 2.75) is 25.8 Å². The molecule has 108 valence electrons. The van der Waals surface area contributed by atoms with E-state index in [2.05, 4.69) is 53.0 Å². The largest absolute Gasteiger partial charge is 0.271 e. The Bertz CT molecular complexity index is 735. The van der Waals surface area contributed by atoms with Gasteiger partial charge in [-0.2, -0.15) is 0 Å². The summed E-state index contributed by atoms with van der Waals surface area (Å²) >= 11 is 1.78. The third-order valence-corrected chi connectivity index (χ3v) is 4.84. The van der Waals surface area contributed by atoms with Gasteiger partial charge >= 0.3 is 0 Å². The van der Waals surface area contributed by atoms with Crippen molar-refractivity contribution in [3.63, 3.8) is 0 Å². The van der Waals surface area contributed by atoms with Crippen LogP contribution in [-0.4, -0.2) is 4.98 Å². The molecule has 0 saturated carbocycles. The van der Waals surface area contributed by atoms with Crippen molar-refractivity contribution >= 4 is 21.4 Å². The second-order valence-corrected chi connectivity index (χ2v) is 5.99. The number of hydrazine groups is 1. The molecule has 3 nitrogen and oxygen atoms in total. The van der Waals surface area contributed by atoms with Crippen LogP contribution in [0.25, 0.3) is 10.1 Å². The Morgan fingerprint density at radius 1 is 1.19 bits per heavy atom. The molecule has 0 bridgehead atoms. The first kappa shape index (κ1) is 14.2. The molecule has 1 atom stereocenters. The van der Waals surface area contributed by atoms with Gasteiger partial charge in [0.05, 0.1) is 11.7 Å². The number of benzene rings is 1. The Labute approximate surface area is 128 Å². The lowest BCUT2D eigenvalue weighted by Gasteiger charge is -2.18. The van der Waals surface area contributed by atoms with Gasteiger partial charge in [0.15, 0.2) is 0 Å². The van der Waals surface area contributed by atoms with E-state index in [0.717, 1.165) is 18.5 Å². The minimum atomic E-state index is 0.0409. The standard InChI is InChI=1S/C17H19N3S/c1-2-12-6-5-9-19-17(12)15(20-18)10-13-11-21-16-8-4-3-7-14(13)16/h3-9,11,15,20H,2,10,18H2,1H3. The van der Waals surface area contributed by atoms with Gasteiger partial charge in [-0.1, -0.05) is 31.2 Å². The summed E-state index contributed by atoms with van der Waals surface area (Å²) < 4.78 is 1.32. The maximum atomic E-state index is 5.80. The first-order valence-corrected chi connectivity index (χ1v) is 8.06. The highest BCUT2D eigenvalue weighted by atomic mass is 32.1. The highest BCUT2D eigenvalue weighted by molar-refractivity contribution is 7.17. The van der Waals surface area contributed by atoms with Crippen molar-refractivity contribution in [3.8, 4) is 0 Å². The van der Waals surface area contributed by atoms with Crippen molar-refractivity contribution in [2.75, 3.05) is 0 Å². The fraction of sp³-hybridized carbons (Fsp3) is 0.235. The number of aryl methyl sites for hydroxylation is 1. The zero-order valence-electron chi connectivity index (χ0n) is 12.0. The van der Waals surface area contributed by atoms with E-state index in [-0.39, 0.29) is 6.04 Å². The van der Waals surface area contributed by atoms with Crippen LogP contribution in [0.5, 0.6) is 0 Å². The maximum absolute atomic E-state index is 5.80. The highest BCUT2D eigenvalue weighted by Crippen LogP contribution is 2.29. The summed E-state index contributed by atoms with van der Waals surface area (Å²) in [7, 11) is 0. The monoisotopic (exact) mass is 297 g/mol. The van der Waals surface area contributed by atoms with Crippen molar-refractivity contribution in [3.05, 3.63) is 64.8 Å². The molecule has 0 amide bonds. The van der Waals surface area contributed by atoms with E-state index in [1.807, 2.05) is 12.3 Å². The van der Waals surface area contributed by atoms with Crippen molar-refractivity contribution in [1.82, 2.24) is 10.4 Å². The van der Waals surface area contributed by atoms with Crippen molar-refractivity contribution < 1.29 is 0 Å². The van der Waals surface area contributed by atoms with Crippen LogP contribution in [0, 0.1) is 0 Å². The van der Waals surface area contributed by atoms with E-state index in [1.165, 1.54) is 21.2 Å². The maximum Gasteiger partial charge on any atom is 0.0675 e.